The minimum atomic E-state index is -0.269. The lowest BCUT2D eigenvalue weighted by atomic mass is 10.1. The van der Waals surface area contributed by atoms with Gasteiger partial charge in [0.1, 0.15) is 5.75 Å². The third kappa shape index (κ3) is 3.73. The number of rotatable bonds is 4. The molecule has 4 nitrogen and oxygen atoms in total. The van der Waals surface area contributed by atoms with Gasteiger partial charge < -0.3 is 5.11 Å². The zero-order valence-corrected chi connectivity index (χ0v) is 13.1. The summed E-state index contributed by atoms with van der Waals surface area (Å²) in [4.78, 5) is 12.1. The normalized spacial score (nSPS) is 11.3. The average Bonchev–Trinajstić information content (AvgIpc) is 2.54. The van der Waals surface area contributed by atoms with Gasteiger partial charge in [0.25, 0.3) is 5.91 Å². The van der Waals surface area contributed by atoms with Crippen molar-refractivity contribution in [2.75, 3.05) is 0 Å². The van der Waals surface area contributed by atoms with Gasteiger partial charge in [-0.1, -0.05) is 30.7 Å². The van der Waals surface area contributed by atoms with E-state index in [0.29, 0.717) is 16.8 Å². The van der Waals surface area contributed by atoms with Gasteiger partial charge in [0.05, 0.1) is 5.71 Å². The molecule has 2 rings (SSSR count). The summed E-state index contributed by atoms with van der Waals surface area (Å²) in [5, 5.41) is 13.9. The standard InChI is InChI=1S/C18H20N2O2/c1-4-14-6-8-15(9-7-14)18(22)20-19-13(3)16-11-12(2)5-10-17(16)21/h5-11,21H,4H2,1-3H3,(H,20,22)/b19-13+. The number of benzene rings is 2. The van der Waals surface area contributed by atoms with E-state index in [1.807, 2.05) is 31.2 Å². The SMILES string of the molecule is CCc1ccc(C(=O)N/N=C(\C)c2cc(C)ccc2O)cc1. The van der Waals surface area contributed by atoms with Crippen LogP contribution in [0.1, 0.15) is 40.9 Å². The molecule has 2 N–H and O–H groups in total. The fourth-order valence-electron chi connectivity index (χ4n) is 2.09. The summed E-state index contributed by atoms with van der Waals surface area (Å²) in [6.07, 6.45) is 0.936. The molecule has 0 spiro atoms. The molecule has 0 saturated heterocycles. The van der Waals surface area contributed by atoms with Crippen LogP contribution in [0.2, 0.25) is 0 Å². The van der Waals surface area contributed by atoms with E-state index in [2.05, 4.69) is 17.5 Å². The largest absolute Gasteiger partial charge is 0.507 e. The number of carbonyl (C=O) groups is 1. The summed E-state index contributed by atoms with van der Waals surface area (Å²) in [5.41, 5.74) is 6.44. The van der Waals surface area contributed by atoms with E-state index in [1.165, 1.54) is 5.56 Å². The molecule has 0 aromatic heterocycles. The highest BCUT2D eigenvalue weighted by atomic mass is 16.3. The summed E-state index contributed by atoms with van der Waals surface area (Å²) in [6, 6.07) is 12.7. The first kappa shape index (κ1) is 15.8. The molecule has 0 unspecified atom stereocenters. The third-order valence-corrected chi connectivity index (χ3v) is 3.49. The molecule has 2 aromatic rings. The number of hydrogen-bond donors (Lipinski definition) is 2. The minimum Gasteiger partial charge on any atom is -0.507 e. The molecular formula is C18H20N2O2. The van der Waals surface area contributed by atoms with Gasteiger partial charge in [0, 0.05) is 11.1 Å². The summed E-state index contributed by atoms with van der Waals surface area (Å²) in [6.45, 7) is 5.75. The molecule has 0 radical (unpaired) electrons. The van der Waals surface area contributed by atoms with Crippen molar-refractivity contribution in [3.8, 4) is 5.75 Å². The Bertz CT molecular complexity index is 704. The molecule has 0 aliphatic carbocycles. The topological polar surface area (TPSA) is 61.7 Å². The predicted molar refractivity (Wildman–Crippen MR) is 88.3 cm³/mol. The zero-order valence-electron chi connectivity index (χ0n) is 13.1. The highest BCUT2D eigenvalue weighted by Gasteiger charge is 2.07. The van der Waals surface area contributed by atoms with Gasteiger partial charge in [0.15, 0.2) is 0 Å². The second kappa shape index (κ2) is 6.89. The van der Waals surface area contributed by atoms with Crippen molar-refractivity contribution < 1.29 is 9.90 Å². The number of nitrogens with one attached hydrogen (secondary N) is 1. The highest BCUT2D eigenvalue weighted by molar-refractivity contribution is 6.02. The predicted octanol–water partition coefficient (Wildman–Crippen LogP) is 3.42. The Morgan fingerprint density at radius 3 is 2.50 bits per heavy atom. The van der Waals surface area contributed by atoms with E-state index >= 15 is 0 Å². The van der Waals surface area contributed by atoms with E-state index in [4.69, 9.17) is 0 Å². The lowest BCUT2D eigenvalue weighted by Crippen LogP contribution is -2.19. The fraction of sp³-hybridized carbons (Fsp3) is 0.222. The van der Waals surface area contributed by atoms with E-state index in [0.717, 1.165) is 12.0 Å². The second-order valence-electron chi connectivity index (χ2n) is 5.21. The van der Waals surface area contributed by atoms with Gasteiger partial charge in [-0.2, -0.15) is 5.10 Å². The molecule has 0 heterocycles. The number of amides is 1. The van der Waals surface area contributed by atoms with Crippen LogP contribution in [0.5, 0.6) is 5.75 Å². The summed E-state index contributed by atoms with van der Waals surface area (Å²) in [5.74, 6) is -0.123. The van der Waals surface area contributed by atoms with E-state index in [1.54, 1.807) is 25.1 Å². The lowest BCUT2D eigenvalue weighted by Gasteiger charge is -2.06. The molecule has 1 amide bonds. The van der Waals surface area contributed by atoms with Crippen molar-refractivity contribution in [1.82, 2.24) is 5.43 Å². The quantitative estimate of drug-likeness (QED) is 0.671. The van der Waals surface area contributed by atoms with Crippen LogP contribution in [-0.2, 0) is 6.42 Å². The maximum absolute atomic E-state index is 12.1. The van der Waals surface area contributed by atoms with Crippen molar-refractivity contribution in [2.24, 2.45) is 5.10 Å². The minimum absolute atomic E-state index is 0.147. The summed E-state index contributed by atoms with van der Waals surface area (Å²) >= 11 is 0. The molecule has 0 aliphatic heterocycles. The first-order chi connectivity index (χ1) is 10.5. The molecule has 0 bridgehead atoms. The van der Waals surface area contributed by atoms with Crippen molar-refractivity contribution in [1.29, 1.82) is 0 Å². The lowest BCUT2D eigenvalue weighted by molar-refractivity contribution is 0.0955. The molecule has 0 aliphatic rings. The fourth-order valence-corrected chi connectivity index (χ4v) is 2.09. The van der Waals surface area contributed by atoms with E-state index < -0.39 is 0 Å². The van der Waals surface area contributed by atoms with Crippen LogP contribution in [0, 0.1) is 6.92 Å². The van der Waals surface area contributed by atoms with Gasteiger partial charge in [-0.15, -0.1) is 0 Å². The summed E-state index contributed by atoms with van der Waals surface area (Å²) in [7, 11) is 0. The Labute approximate surface area is 130 Å². The van der Waals surface area contributed by atoms with E-state index in [9.17, 15) is 9.90 Å². The van der Waals surface area contributed by atoms with Gasteiger partial charge in [-0.05, 0) is 50.1 Å². The van der Waals surface area contributed by atoms with Crippen LogP contribution in [0.3, 0.4) is 0 Å². The Kier molecular flexibility index (Phi) is 4.94. The van der Waals surface area contributed by atoms with Crippen LogP contribution in [0.15, 0.2) is 47.6 Å². The monoisotopic (exact) mass is 296 g/mol. The number of aromatic hydroxyl groups is 1. The van der Waals surface area contributed by atoms with Crippen LogP contribution >= 0.6 is 0 Å². The molecule has 0 atom stereocenters. The van der Waals surface area contributed by atoms with Crippen molar-refractivity contribution >= 4 is 11.6 Å². The molecular weight excluding hydrogens is 276 g/mol. The molecule has 22 heavy (non-hydrogen) atoms. The zero-order chi connectivity index (χ0) is 16.1. The second-order valence-corrected chi connectivity index (χ2v) is 5.21. The van der Waals surface area contributed by atoms with Gasteiger partial charge >= 0.3 is 0 Å². The van der Waals surface area contributed by atoms with Gasteiger partial charge in [-0.25, -0.2) is 5.43 Å². The van der Waals surface area contributed by atoms with Gasteiger partial charge in [0.2, 0.25) is 0 Å². The smallest absolute Gasteiger partial charge is 0.271 e. The Hall–Kier alpha value is -2.62. The third-order valence-electron chi connectivity index (χ3n) is 3.49. The number of hydrogen-bond acceptors (Lipinski definition) is 3. The van der Waals surface area contributed by atoms with Crippen LogP contribution in [0.4, 0.5) is 0 Å². The van der Waals surface area contributed by atoms with Gasteiger partial charge in [-0.3, -0.25) is 4.79 Å². The van der Waals surface area contributed by atoms with Crippen LogP contribution in [0.25, 0.3) is 0 Å². The number of phenols is 1. The van der Waals surface area contributed by atoms with Crippen LogP contribution in [-0.4, -0.2) is 16.7 Å². The maximum Gasteiger partial charge on any atom is 0.271 e. The van der Waals surface area contributed by atoms with Crippen molar-refractivity contribution in [3.05, 3.63) is 64.7 Å². The number of carbonyl (C=O) groups excluding carboxylic acids is 1. The number of phenolic OH excluding ortho intramolecular Hbond substituents is 1. The molecule has 0 fully saturated rings. The number of aryl methyl sites for hydroxylation is 2. The Morgan fingerprint density at radius 2 is 1.86 bits per heavy atom. The molecule has 4 heteroatoms. The average molecular weight is 296 g/mol. The van der Waals surface area contributed by atoms with E-state index in [-0.39, 0.29) is 11.7 Å². The molecule has 114 valence electrons. The maximum atomic E-state index is 12.1. The number of hydrazone groups is 1. The Balaban J connectivity index is 2.12. The highest BCUT2D eigenvalue weighted by Crippen LogP contribution is 2.18. The van der Waals surface area contributed by atoms with Crippen molar-refractivity contribution in [2.45, 2.75) is 27.2 Å². The van der Waals surface area contributed by atoms with Crippen LogP contribution < -0.4 is 5.43 Å². The number of nitrogens with zero attached hydrogens (tertiary/aromatic N) is 1. The summed E-state index contributed by atoms with van der Waals surface area (Å²) < 4.78 is 0. The first-order valence-electron chi connectivity index (χ1n) is 7.25. The first-order valence-corrected chi connectivity index (χ1v) is 7.25. The molecule has 2 aromatic carbocycles. The Morgan fingerprint density at radius 1 is 1.18 bits per heavy atom. The molecule has 0 saturated carbocycles. The van der Waals surface area contributed by atoms with Crippen molar-refractivity contribution in [3.63, 3.8) is 0 Å².